The van der Waals surface area contributed by atoms with Gasteiger partial charge in [0.1, 0.15) is 11.0 Å². The second kappa shape index (κ2) is 13.5. The number of carbonyl (C=O) groups is 2. The molecule has 0 spiro atoms. The lowest BCUT2D eigenvalue weighted by molar-refractivity contribution is 0.0491. The number of piperazine rings is 1. The fourth-order valence-electron chi connectivity index (χ4n) is 5.39. The van der Waals surface area contributed by atoms with Gasteiger partial charge in [0, 0.05) is 57.9 Å². The molecule has 0 aliphatic carbocycles. The maximum atomic E-state index is 13.0. The van der Waals surface area contributed by atoms with Gasteiger partial charge in [-0.2, -0.15) is 0 Å². The predicted octanol–water partition coefficient (Wildman–Crippen LogP) is 0.827. The Hall–Kier alpha value is -2.98. The number of hydrogen-bond donors (Lipinski definition) is 4. The Morgan fingerprint density at radius 2 is 1.74 bits per heavy atom. The number of nitrogen functional groups attached to an aromatic ring is 2. The number of rotatable bonds is 9. The zero-order chi connectivity index (χ0) is 30.6. The number of likely N-dealkylation sites (tertiary alicyclic amines) is 1. The third kappa shape index (κ3) is 7.69. The highest BCUT2D eigenvalue weighted by Gasteiger charge is 2.35. The number of nitrogens with zero attached hydrogens (tertiary/aromatic N) is 6. The van der Waals surface area contributed by atoms with Crippen LogP contribution >= 0.6 is 23.2 Å². The van der Waals surface area contributed by atoms with Crippen LogP contribution in [0.2, 0.25) is 10.3 Å². The van der Waals surface area contributed by atoms with E-state index in [2.05, 4.69) is 36.8 Å². The molecule has 0 radical (unpaired) electrons. The first-order valence-corrected chi connectivity index (χ1v) is 16.3. The number of nitrogens with two attached hydrogens (primary N) is 2. The number of pyridine rings is 1. The van der Waals surface area contributed by atoms with E-state index in [0.29, 0.717) is 43.6 Å². The highest BCUT2D eigenvalue weighted by atomic mass is 35.5. The molecule has 2 aromatic rings. The van der Waals surface area contributed by atoms with E-state index in [9.17, 15) is 18.0 Å². The fraction of sp³-hybridized carbons (Fsp3) is 0.560. The van der Waals surface area contributed by atoms with Gasteiger partial charge in [-0.3, -0.25) is 14.5 Å². The van der Waals surface area contributed by atoms with Crippen LogP contribution in [0.1, 0.15) is 47.0 Å². The Kier molecular flexibility index (Phi) is 10.3. The summed E-state index contributed by atoms with van der Waals surface area (Å²) in [5.41, 5.74) is 12.3. The monoisotopic (exact) mass is 642 g/mol. The molecule has 4 heterocycles. The lowest BCUT2D eigenvalue weighted by atomic mass is 9.97. The first kappa shape index (κ1) is 31.9. The zero-order valence-corrected chi connectivity index (χ0v) is 25.8. The molecule has 0 unspecified atom stereocenters. The Morgan fingerprint density at radius 1 is 1.02 bits per heavy atom. The van der Waals surface area contributed by atoms with Crippen LogP contribution in [0, 0.1) is 0 Å². The molecule has 2 fully saturated rings. The molecule has 2 aliphatic rings. The highest BCUT2D eigenvalue weighted by Crippen LogP contribution is 2.30. The maximum absolute atomic E-state index is 13.0. The number of sulfonamides is 1. The summed E-state index contributed by atoms with van der Waals surface area (Å²) >= 11 is 12.4. The Bertz CT molecular complexity index is 1420. The number of aromatic nitrogens is 3. The van der Waals surface area contributed by atoms with E-state index in [1.807, 2.05) is 9.80 Å². The minimum absolute atomic E-state index is 0.0240. The Morgan fingerprint density at radius 3 is 2.38 bits per heavy atom. The third-order valence-corrected chi connectivity index (χ3v) is 8.69. The Balaban J connectivity index is 1.35. The van der Waals surface area contributed by atoms with Crippen molar-refractivity contribution in [3.63, 3.8) is 0 Å². The molecule has 6 N–H and O–H groups in total. The second-order valence-corrected chi connectivity index (χ2v) is 12.9. The summed E-state index contributed by atoms with van der Waals surface area (Å²) in [6.45, 7) is 5.48. The van der Waals surface area contributed by atoms with Crippen molar-refractivity contribution in [2.75, 3.05) is 68.4 Å². The summed E-state index contributed by atoms with van der Waals surface area (Å²) in [7, 11) is -3.37. The van der Waals surface area contributed by atoms with Crippen molar-refractivity contribution >= 4 is 62.5 Å². The van der Waals surface area contributed by atoms with Gasteiger partial charge in [0.05, 0.1) is 11.8 Å². The first-order valence-electron chi connectivity index (χ1n) is 13.7. The molecule has 2 amide bonds. The quantitative estimate of drug-likeness (QED) is 0.223. The predicted molar refractivity (Wildman–Crippen MR) is 162 cm³/mol. The van der Waals surface area contributed by atoms with E-state index in [1.165, 1.54) is 0 Å². The van der Waals surface area contributed by atoms with E-state index < -0.39 is 15.9 Å². The summed E-state index contributed by atoms with van der Waals surface area (Å²) in [5.74, 6) is -0.251. The molecule has 2 aromatic heterocycles. The molecule has 4 rings (SSSR count). The molecular formula is C25H36Cl2N10O4S. The van der Waals surface area contributed by atoms with Crippen molar-refractivity contribution in [2.24, 2.45) is 0 Å². The van der Waals surface area contributed by atoms with Gasteiger partial charge in [-0.25, -0.2) is 28.1 Å². The van der Waals surface area contributed by atoms with Gasteiger partial charge in [-0.15, -0.1) is 0 Å². The molecule has 0 aromatic carbocycles. The van der Waals surface area contributed by atoms with E-state index in [0.717, 1.165) is 32.1 Å². The first-order chi connectivity index (χ1) is 19.9. The van der Waals surface area contributed by atoms with Crippen LogP contribution in [0.5, 0.6) is 0 Å². The number of piperidine rings is 1. The average Bonchev–Trinajstić information content (AvgIpc) is 2.95. The number of anilines is 3. The van der Waals surface area contributed by atoms with Crippen LogP contribution in [0.25, 0.3) is 0 Å². The molecule has 0 saturated carbocycles. The van der Waals surface area contributed by atoms with Gasteiger partial charge in [0.15, 0.2) is 22.5 Å². The van der Waals surface area contributed by atoms with Gasteiger partial charge >= 0.3 is 0 Å². The molecule has 0 bridgehead atoms. The van der Waals surface area contributed by atoms with E-state index in [-0.39, 0.29) is 52.7 Å². The third-order valence-electron chi connectivity index (χ3n) is 7.49. The summed E-state index contributed by atoms with van der Waals surface area (Å²) in [5, 5.41) is 2.87. The smallest absolute Gasteiger partial charge is 0.273 e. The van der Waals surface area contributed by atoms with Crippen LogP contribution in [-0.2, 0) is 10.0 Å². The largest absolute Gasteiger partial charge is 0.383 e. The van der Waals surface area contributed by atoms with Crippen LogP contribution in [0.4, 0.5) is 17.5 Å². The molecule has 42 heavy (non-hydrogen) atoms. The number of amides is 2. The lowest BCUT2D eigenvalue weighted by Crippen LogP contribution is -2.58. The fourth-order valence-corrected chi connectivity index (χ4v) is 6.26. The van der Waals surface area contributed by atoms with E-state index in [4.69, 9.17) is 34.7 Å². The normalized spacial score (nSPS) is 18.7. The highest BCUT2D eigenvalue weighted by molar-refractivity contribution is 7.88. The van der Waals surface area contributed by atoms with Crippen LogP contribution in [0.3, 0.4) is 0 Å². The number of nitrogens with one attached hydrogen (secondary N) is 2. The lowest BCUT2D eigenvalue weighted by Gasteiger charge is -2.47. The van der Waals surface area contributed by atoms with Crippen molar-refractivity contribution in [1.82, 2.24) is 34.8 Å². The molecule has 1 atom stereocenters. The molecular weight excluding hydrogens is 607 g/mol. The van der Waals surface area contributed by atoms with Gasteiger partial charge in [0.2, 0.25) is 10.0 Å². The molecule has 2 aliphatic heterocycles. The Labute approximate surface area is 255 Å². The van der Waals surface area contributed by atoms with Crippen molar-refractivity contribution in [1.29, 1.82) is 0 Å². The molecule has 230 valence electrons. The number of halogens is 2. The van der Waals surface area contributed by atoms with Crippen molar-refractivity contribution in [2.45, 2.75) is 38.3 Å². The minimum atomic E-state index is -3.37. The number of carbonyl (C=O) groups excluding carboxylic acids is 2. The molecule has 17 heteroatoms. The van der Waals surface area contributed by atoms with E-state index in [1.54, 1.807) is 12.1 Å². The van der Waals surface area contributed by atoms with Crippen molar-refractivity contribution < 1.29 is 18.0 Å². The summed E-state index contributed by atoms with van der Waals surface area (Å²) in [4.78, 5) is 44.5. The van der Waals surface area contributed by atoms with Gasteiger partial charge in [-0.1, -0.05) is 30.1 Å². The average molecular weight is 644 g/mol. The van der Waals surface area contributed by atoms with Crippen LogP contribution in [-0.4, -0.2) is 109 Å². The standard InChI is InChI=1S/C25H36Cl2N10O4S/c1-3-15-14-36(23-20(27)33-19(22(29)34-23)24(38)30-8-9-31-42(2,40)41)12-13-37(15)16-6-10-35(11-7-16)25(39)17-4-5-18(26)32-21(17)28/h4-5,15-16,31H,3,6-14H2,1-2H3,(H2,28,32)(H2,29,34)(H,30,38)/t15-/m0/s1. The summed E-state index contributed by atoms with van der Waals surface area (Å²) < 4.78 is 24.6. The van der Waals surface area contributed by atoms with Gasteiger partial charge < -0.3 is 26.6 Å². The SMILES string of the molecule is CC[C@H]1CN(c2nc(N)c(C(=O)NCCNS(C)(=O)=O)nc2Cl)CCN1C1CCN(C(=O)c2ccc(Cl)nc2N)CC1. The van der Waals surface area contributed by atoms with E-state index >= 15 is 0 Å². The van der Waals surface area contributed by atoms with Crippen LogP contribution < -0.4 is 26.4 Å². The number of hydrogen-bond acceptors (Lipinski definition) is 11. The molecule has 2 saturated heterocycles. The molecule has 14 nitrogen and oxygen atoms in total. The van der Waals surface area contributed by atoms with Crippen molar-refractivity contribution in [3.05, 3.63) is 33.7 Å². The summed E-state index contributed by atoms with van der Waals surface area (Å²) in [6, 6.07) is 3.71. The van der Waals surface area contributed by atoms with Crippen LogP contribution in [0.15, 0.2) is 12.1 Å². The van der Waals surface area contributed by atoms with Crippen molar-refractivity contribution in [3.8, 4) is 0 Å². The summed E-state index contributed by atoms with van der Waals surface area (Å²) in [6.07, 6.45) is 3.59. The second-order valence-electron chi connectivity index (χ2n) is 10.3. The van der Waals surface area contributed by atoms with Gasteiger partial charge in [-0.05, 0) is 31.4 Å². The minimum Gasteiger partial charge on any atom is -0.383 e. The maximum Gasteiger partial charge on any atom is 0.273 e. The van der Waals surface area contributed by atoms with Gasteiger partial charge in [0.25, 0.3) is 11.8 Å². The zero-order valence-electron chi connectivity index (χ0n) is 23.5. The topological polar surface area (TPSA) is 193 Å².